The first-order valence-electron chi connectivity index (χ1n) is 18.3. The molecule has 1 nitrogen and oxygen atoms in total. The van der Waals surface area contributed by atoms with Gasteiger partial charge in [0.05, 0.1) is 0 Å². The van der Waals surface area contributed by atoms with Crippen molar-refractivity contribution in [1.82, 2.24) is 0 Å². The highest BCUT2D eigenvalue weighted by atomic mass is 16.3. The molecule has 0 radical (unpaired) electrons. The van der Waals surface area contributed by atoms with E-state index in [4.69, 9.17) is 4.42 Å². The van der Waals surface area contributed by atoms with Crippen LogP contribution >= 0.6 is 0 Å². The van der Waals surface area contributed by atoms with Crippen LogP contribution in [-0.2, 0) is 0 Å². The predicted molar refractivity (Wildman–Crippen MR) is 241 cm³/mol. The molecule has 52 heavy (non-hydrogen) atoms. The van der Waals surface area contributed by atoms with Gasteiger partial charge in [-0.25, -0.2) is 0 Å². The standard InChI is InChI=1S/C46H33B5O/c47-41-40(42(48)44(50)45(51)43(41)49)39-30-17-7-5-15-28(30)37(29-16-6-8-18-31(29)39)33-20-10-22-36-38(33)34-21-9-19-32(46(34)52-36)35-23-24-11-1-2-12-25(24)26-13-3-4-14-27(26)35/h1-23H,47-51H2. The number of fused-ring (bicyclic) bond motifs is 8. The highest BCUT2D eigenvalue weighted by molar-refractivity contribution is 6.69. The summed E-state index contributed by atoms with van der Waals surface area (Å²) in [5.74, 6) is 0. The lowest BCUT2D eigenvalue weighted by atomic mass is 9.59. The van der Waals surface area contributed by atoms with Gasteiger partial charge in [-0.3, -0.25) is 0 Å². The van der Waals surface area contributed by atoms with E-state index in [1.54, 1.807) is 0 Å². The lowest BCUT2D eigenvalue weighted by Gasteiger charge is -2.24. The molecular weight excluding hydrogens is 623 g/mol. The van der Waals surface area contributed by atoms with E-state index in [1.807, 2.05) is 0 Å². The Morgan fingerprint density at radius 3 is 1.46 bits per heavy atom. The third-order valence-corrected chi connectivity index (χ3v) is 12.0. The van der Waals surface area contributed by atoms with Gasteiger partial charge in [-0.05, 0) is 83.0 Å². The van der Waals surface area contributed by atoms with E-state index in [0.717, 1.165) is 27.5 Å². The van der Waals surface area contributed by atoms with E-state index in [2.05, 4.69) is 179 Å². The molecule has 10 rings (SSSR count). The highest BCUT2D eigenvalue weighted by Gasteiger charge is 2.24. The van der Waals surface area contributed by atoms with Crippen LogP contribution in [0.15, 0.2) is 144 Å². The molecule has 0 amide bonds. The fourth-order valence-electron chi connectivity index (χ4n) is 9.11. The molecule has 0 spiro atoms. The van der Waals surface area contributed by atoms with Gasteiger partial charge in [0.1, 0.15) is 50.4 Å². The molecule has 0 aliphatic heterocycles. The molecule has 0 atom stereocenters. The highest BCUT2D eigenvalue weighted by Crippen LogP contribution is 2.48. The fraction of sp³-hybridized carbons (Fsp3) is 0. The van der Waals surface area contributed by atoms with Crippen LogP contribution in [0.2, 0.25) is 0 Å². The van der Waals surface area contributed by atoms with Gasteiger partial charge < -0.3 is 4.42 Å². The molecule has 0 N–H and O–H groups in total. The van der Waals surface area contributed by atoms with Gasteiger partial charge >= 0.3 is 0 Å². The lowest BCUT2D eigenvalue weighted by Crippen LogP contribution is -2.55. The summed E-state index contributed by atoms with van der Waals surface area (Å²) in [4.78, 5) is 0. The molecule has 0 bridgehead atoms. The number of hydrogen-bond acceptors (Lipinski definition) is 1. The zero-order valence-corrected chi connectivity index (χ0v) is 30.2. The van der Waals surface area contributed by atoms with Crippen LogP contribution in [-0.4, -0.2) is 39.2 Å². The Labute approximate surface area is 307 Å². The summed E-state index contributed by atoms with van der Waals surface area (Å²) in [6, 6.07) is 51.0. The van der Waals surface area contributed by atoms with Gasteiger partial charge in [0.25, 0.3) is 0 Å². The molecule has 9 aromatic carbocycles. The summed E-state index contributed by atoms with van der Waals surface area (Å²) in [5.41, 5.74) is 16.1. The van der Waals surface area contributed by atoms with Crippen molar-refractivity contribution in [2.75, 3.05) is 0 Å². The SMILES string of the molecule is Bc1c(B)c(B)c(-c2c3ccccc3c(-c3cccc4oc5c(-c6cc7ccccc7c7ccccc67)cccc5c34)c3ccccc23)c(B)c1B. The van der Waals surface area contributed by atoms with Crippen molar-refractivity contribution >= 4 is 132 Å². The first-order valence-corrected chi connectivity index (χ1v) is 18.3. The van der Waals surface area contributed by atoms with Gasteiger partial charge in [-0.1, -0.05) is 138 Å². The molecule has 1 aromatic heterocycles. The summed E-state index contributed by atoms with van der Waals surface area (Å²) in [6.45, 7) is 0. The summed E-state index contributed by atoms with van der Waals surface area (Å²) in [6.07, 6.45) is 0. The Bertz CT molecular complexity index is 3050. The third-order valence-electron chi connectivity index (χ3n) is 12.0. The van der Waals surface area contributed by atoms with Crippen molar-refractivity contribution < 1.29 is 4.42 Å². The van der Waals surface area contributed by atoms with Crippen molar-refractivity contribution in [1.29, 1.82) is 0 Å². The molecule has 0 aliphatic carbocycles. The third kappa shape index (κ3) is 4.31. The molecule has 10 aromatic rings. The average molecular weight is 656 g/mol. The lowest BCUT2D eigenvalue weighted by molar-refractivity contribution is 0.670. The Hall–Kier alpha value is -5.86. The number of para-hydroxylation sites is 1. The molecule has 0 unspecified atom stereocenters. The monoisotopic (exact) mass is 656 g/mol. The normalized spacial score (nSPS) is 11.8. The van der Waals surface area contributed by atoms with Crippen LogP contribution < -0.4 is 27.3 Å². The maximum Gasteiger partial charge on any atom is 0.143 e. The Morgan fingerprint density at radius 2 is 0.808 bits per heavy atom. The van der Waals surface area contributed by atoms with Crippen LogP contribution in [0.25, 0.3) is 98.4 Å². The quantitative estimate of drug-likeness (QED) is 0.155. The minimum atomic E-state index is 0.902. The van der Waals surface area contributed by atoms with Crippen molar-refractivity contribution in [3.05, 3.63) is 140 Å². The topological polar surface area (TPSA) is 13.1 Å². The second kappa shape index (κ2) is 11.6. The minimum Gasteiger partial charge on any atom is -0.455 e. The largest absolute Gasteiger partial charge is 0.455 e. The smallest absolute Gasteiger partial charge is 0.143 e. The van der Waals surface area contributed by atoms with Crippen LogP contribution in [0.3, 0.4) is 0 Å². The summed E-state index contributed by atoms with van der Waals surface area (Å²) in [7, 11) is 11.4. The first kappa shape index (κ1) is 30.9. The van der Waals surface area contributed by atoms with Gasteiger partial charge in [0.15, 0.2) is 0 Å². The van der Waals surface area contributed by atoms with Gasteiger partial charge in [-0.15, -0.1) is 16.4 Å². The number of furan rings is 1. The van der Waals surface area contributed by atoms with Crippen LogP contribution in [0, 0.1) is 0 Å². The van der Waals surface area contributed by atoms with Crippen molar-refractivity contribution in [2.24, 2.45) is 0 Å². The van der Waals surface area contributed by atoms with Crippen molar-refractivity contribution in [3.8, 4) is 33.4 Å². The predicted octanol–water partition coefficient (Wildman–Crippen LogP) is 4.49. The average Bonchev–Trinajstić information content (AvgIpc) is 3.58. The molecule has 1 heterocycles. The minimum absolute atomic E-state index is 0.902. The first-order chi connectivity index (χ1) is 25.4. The van der Waals surface area contributed by atoms with Gasteiger partial charge in [0, 0.05) is 16.3 Å². The maximum absolute atomic E-state index is 6.95. The van der Waals surface area contributed by atoms with E-state index >= 15 is 0 Å². The second-order valence-electron chi connectivity index (χ2n) is 14.5. The Balaban J connectivity index is 1.31. The van der Waals surface area contributed by atoms with Crippen LogP contribution in [0.5, 0.6) is 0 Å². The van der Waals surface area contributed by atoms with E-state index in [9.17, 15) is 0 Å². The van der Waals surface area contributed by atoms with Crippen LogP contribution in [0.4, 0.5) is 0 Å². The van der Waals surface area contributed by atoms with Gasteiger partial charge in [-0.2, -0.15) is 0 Å². The molecule has 0 saturated heterocycles. The summed E-state index contributed by atoms with van der Waals surface area (Å²) in [5, 5.41) is 12.3. The molecule has 0 aliphatic rings. The number of benzene rings is 9. The Morgan fingerprint density at radius 1 is 0.327 bits per heavy atom. The summed E-state index contributed by atoms with van der Waals surface area (Å²) >= 11 is 0. The van der Waals surface area contributed by atoms with E-state index < -0.39 is 0 Å². The van der Waals surface area contributed by atoms with Crippen molar-refractivity contribution in [2.45, 2.75) is 0 Å². The Kier molecular flexibility index (Phi) is 6.89. The van der Waals surface area contributed by atoms with E-state index in [0.29, 0.717) is 0 Å². The zero-order valence-electron chi connectivity index (χ0n) is 30.2. The maximum atomic E-state index is 6.95. The number of hydrogen-bond donors (Lipinski definition) is 0. The van der Waals surface area contributed by atoms with Gasteiger partial charge in [0.2, 0.25) is 0 Å². The molecular formula is C46H33B5O. The van der Waals surface area contributed by atoms with E-state index in [-0.39, 0.29) is 0 Å². The molecule has 238 valence electrons. The van der Waals surface area contributed by atoms with Crippen molar-refractivity contribution in [3.63, 3.8) is 0 Å². The molecule has 0 fully saturated rings. The zero-order chi connectivity index (χ0) is 35.2. The van der Waals surface area contributed by atoms with E-state index in [1.165, 1.54) is 98.2 Å². The van der Waals surface area contributed by atoms with Crippen LogP contribution in [0.1, 0.15) is 0 Å². The number of rotatable bonds is 3. The second-order valence-corrected chi connectivity index (χ2v) is 14.5. The fourth-order valence-corrected chi connectivity index (χ4v) is 9.11. The molecule has 0 saturated carbocycles. The summed E-state index contributed by atoms with van der Waals surface area (Å²) < 4.78 is 6.95. The molecule has 6 heteroatoms.